The van der Waals surface area contributed by atoms with Crippen molar-refractivity contribution < 1.29 is 0 Å². The van der Waals surface area contributed by atoms with E-state index in [1.165, 1.54) is 22.8 Å². The van der Waals surface area contributed by atoms with Crippen molar-refractivity contribution in [1.29, 1.82) is 10.5 Å². The highest BCUT2D eigenvalue weighted by atomic mass is 15.0. The van der Waals surface area contributed by atoms with Crippen molar-refractivity contribution in [2.45, 2.75) is 6.42 Å². The molecule has 31 heavy (non-hydrogen) atoms. The Morgan fingerprint density at radius 2 is 1.87 bits per heavy atom. The lowest BCUT2D eigenvalue weighted by Crippen LogP contribution is -2.06. The van der Waals surface area contributed by atoms with Gasteiger partial charge in [0.15, 0.2) is 0 Å². The van der Waals surface area contributed by atoms with E-state index in [-0.39, 0.29) is 5.56 Å². The van der Waals surface area contributed by atoms with Crippen LogP contribution in [0.3, 0.4) is 0 Å². The molecule has 1 unspecified atom stereocenters. The highest BCUT2D eigenvalue weighted by Crippen LogP contribution is 2.36. The maximum atomic E-state index is 9.37. The van der Waals surface area contributed by atoms with E-state index in [4.69, 9.17) is 0 Å². The first-order valence-corrected chi connectivity index (χ1v) is 10.1. The lowest BCUT2D eigenvalue weighted by Gasteiger charge is -2.16. The molecule has 0 bridgehead atoms. The van der Waals surface area contributed by atoms with Crippen LogP contribution in [0.2, 0.25) is 0 Å². The van der Waals surface area contributed by atoms with Crippen LogP contribution >= 0.6 is 0 Å². The summed E-state index contributed by atoms with van der Waals surface area (Å²) in [5, 5.41) is 19.8. The normalized spacial score (nSPS) is 14.6. The maximum Gasteiger partial charge on any atom is 0.102 e. The lowest BCUT2D eigenvalue weighted by atomic mass is 9.92. The molecule has 4 nitrogen and oxygen atoms in total. The van der Waals surface area contributed by atoms with E-state index in [2.05, 4.69) is 70.7 Å². The third-order valence-electron chi connectivity index (χ3n) is 5.81. The van der Waals surface area contributed by atoms with E-state index >= 15 is 0 Å². The fraction of sp³-hybridized carbons (Fsp3) is 0.0741. The van der Waals surface area contributed by atoms with Gasteiger partial charge in [-0.25, -0.2) is 0 Å². The Morgan fingerprint density at radius 1 is 1.03 bits per heavy atom. The summed E-state index contributed by atoms with van der Waals surface area (Å²) in [6.07, 6.45) is 8.79. The van der Waals surface area contributed by atoms with Crippen LogP contribution < -0.4 is 0 Å². The predicted octanol–water partition coefficient (Wildman–Crippen LogP) is 5.81. The molecule has 0 saturated carbocycles. The second-order valence-electron chi connectivity index (χ2n) is 7.57. The Morgan fingerprint density at radius 3 is 2.68 bits per heavy atom. The van der Waals surface area contributed by atoms with Crippen LogP contribution in [0.15, 0.2) is 79.5 Å². The SMILES string of the molecule is C=CC1C=Cc2c(c3ccccc3n2-c2cccc(-c3cc(C#N)c(C#N)cn3)c2)C1. The van der Waals surface area contributed by atoms with Crippen molar-refractivity contribution in [3.63, 3.8) is 0 Å². The van der Waals surface area contributed by atoms with Crippen LogP contribution in [0, 0.1) is 28.6 Å². The molecule has 1 atom stereocenters. The molecule has 0 radical (unpaired) electrons. The number of benzene rings is 2. The standard InChI is InChI=1S/C27H18N4/c1-2-18-10-11-27-24(12-18)23-8-3-4-9-26(23)31(27)22-7-5-6-19(13-22)25-14-20(15-28)21(16-29)17-30-25/h2-11,13-14,17-18H,1,12H2. The van der Waals surface area contributed by atoms with Gasteiger partial charge in [-0.15, -0.1) is 6.58 Å². The second-order valence-corrected chi connectivity index (χ2v) is 7.57. The summed E-state index contributed by atoms with van der Waals surface area (Å²) < 4.78 is 2.28. The van der Waals surface area contributed by atoms with Gasteiger partial charge in [0.05, 0.1) is 22.3 Å². The number of rotatable bonds is 3. The highest BCUT2D eigenvalue weighted by Gasteiger charge is 2.21. The maximum absolute atomic E-state index is 9.37. The molecular formula is C27H18N4. The minimum atomic E-state index is 0.287. The molecule has 146 valence electrons. The summed E-state index contributed by atoms with van der Waals surface area (Å²) >= 11 is 0. The molecule has 2 aromatic carbocycles. The molecule has 0 fully saturated rings. The largest absolute Gasteiger partial charge is 0.310 e. The lowest BCUT2D eigenvalue weighted by molar-refractivity contribution is 0.797. The zero-order chi connectivity index (χ0) is 21.4. The number of pyridine rings is 1. The number of nitrogens with zero attached hydrogens (tertiary/aromatic N) is 4. The van der Waals surface area contributed by atoms with E-state index in [9.17, 15) is 10.5 Å². The van der Waals surface area contributed by atoms with Crippen LogP contribution in [-0.2, 0) is 6.42 Å². The molecular weight excluding hydrogens is 380 g/mol. The summed E-state index contributed by atoms with van der Waals surface area (Å²) in [4.78, 5) is 4.41. The first kappa shape index (κ1) is 18.6. The molecule has 0 amide bonds. The Kier molecular flexibility index (Phi) is 4.47. The Balaban J connectivity index is 1.69. The predicted molar refractivity (Wildman–Crippen MR) is 122 cm³/mol. The number of para-hydroxylation sites is 1. The van der Waals surface area contributed by atoms with Gasteiger partial charge in [0, 0.05) is 28.5 Å². The van der Waals surface area contributed by atoms with Crippen LogP contribution in [0.5, 0.6) is 0 Å². The summed E-state index contributed by atoms with van der Waals surface area (Å²) in [6.45, 7) is 3.97. The monoisotopic (exact) mass is 398 g/mol. The molecule has 2 heterocycles. The quantitative estimate of drug-likeness (QED) is 0.409. The topological polar surface area (TPSA) is 65.4 Å². The van der Waals surface area contributed by atoms with Gasteiger partial charge in [-0.1, -0.05) is 42.5 Å². The van der Waals surface area contributed by atoms with Gasteiger partial charge < -0.3 is 4.57 Å². The first-order valence-electron chi connectivity index (χ1n) is 10.1. The summed E-state index contributed by atoms with van der Waals surface area (Å²) in [7, 11) is 0. The molecule has 4 heteroatoms. The first-order chi connectivity index (χ1) is 15.2. The fourth-order valence-electron chi connectivity index (χ4n) is 4.27. The van der Waals surface area contributed by atoms with Gasteiger partial charge >= 0.3 is 0 Å². The molecule has 1 aliphatic carbocycles. The highest BCUT2D eigenvalue weighted by molar-refractivity contribution is 5.91. The van der Waals surface area contributed by atoms with Gasteiger partial charge in [-0.3, -0.25) is 4.98 Å². The van der Waals surface area contributed by atoms with Crippen LogP contribution in [0.4, 0.5) is 0 Å². The molecule has 1 aliphatic rings. The Labute approximate surface area is 180 Å². The number of aromatic nitrogens is 2. The van der Waals surface area contributed by atoms with Gasteiger partial charge in [-0.2, -0.15) is 10.5 Å². The number of nitriles is 2. The number of fused-ring (bicyclic) bond motifs is 3. The van der Waals surface area contributed by atoms with Crippen molar-refractivity contribution >= 4 is 17.0 Å². The minimum Gasteiger partial charge on any atom is -0.310 e. The molecule has 0 spiro atoms. The van der Waals surface area contributed by atoms with E-state index in [0.29, 0.717) is 17.2 Å². The van der Waals surface area contributed by atoms with Crippen LogP contribution in [0.1, 0.15) is 22.4 Å². The van der Waals surface area contributed by atoms with Gasteiger partial charge in [0.1, 0.15) is 12.1 Å². The van der Waals surface area contributed by atoms with Gasteiger partial charge in [-0.05, 0) is 48.2 Å². The Hall–Kier alpha value is -4.41. The van der Waals surface area contributed by atoms with Gasteiger partial charge in [0.25, 0.3) is 0 Å². The van der Waals surface area contributed by atoms with Crippen molar-refractivity contribution in [3.8, 4) is 29.1 Å². The molecule has 4 aromatic rings. The molecule has 0 aliphatic heterocycles. The molecule has 0 saturated heterocycles. The Bertz CT molecular complexity index is 1460. The average Bonchev–Trinajstić information content (AvgIpc) is 3.17. The van der Waals surface area contributed by atoms with Crippen molar-refractivity contribution in [2.75, 3.05) is 0 Å². The van der Waals surface area contributed by atoms with E-state index in [1.54, 1.807) is 6.07 Å². The van der Waals surface area contributed by atoms with E-state index in [1.807, 2.05) is 24.3 Å². The summed E-state index contributed by atoms with van der Waals surface area (Å²) in [5.74, 6) is 0.338. The zero-order valence-electron chi connectivity index (χ0n) is 16.8. The zero-order valence-corrected chi connectivity index (χ0v) is 16.8. The van der Waals surface area contributed by atoms with E-state index in [0.717, 1.165) is 23.2 Å². The summed E-state index contributed by atoms with van der Waals surface area (Å²) in [6, 6.07) is 22.4. The third kappa shape index (κ3) is 3.03. The molecule has 5 rings (SSSR count). The van der Waals surface area contributed by atoms with Crippen molar-refractivity contribution in [1.82, 2.24) is 9.55 Å². The van der Waals surface area contributed by atoms with E-state index < -0.39 is 0 Å². The fourth-order valence-corrected chi connectivity index (χ4v) is 4.27. The minimum absolute atomic E-state index is 0.287. The smallest absolute Gasteiger partial charge is 0.102 e. The third-order valence-corrected chi connectivity index (χ3v) is 5.81. The van der Waals surface area contributed by atoms with Crippen molar-refractivity contribution in [2.24, 2.45) is 5.92 Å². The van der Waals surface area contributed by atoms with Crippen molar-refractivity contribution in [3.05, 3.63) is 102 Å². The second kappa shape index (κ2) is 7.44. The number of allylic oxidation sites excluding steroid dienone is 2. The van der Waals surface area contributed by atoms with Crippen LogP contribution in [-0.4, -0.2) is 9.55 Å². The van der Waals surface area contributed by atoms with Crippen LogP contribution in [0.25, 0.3) is 33.9 Å². The number of hydrogen-bond donors (Lipinski definition) is 0. The van der Waals surface area contributed by atoms with Gasteiger partial charge in [0.2, 0.25) is 0 Å². The summed E-state index contributed by atoms with van der Waals surface area (Å²) in [5.41, 5.74) is 6.89. The average molecular weight is 398 g/mol. The molecule has 2 aromatic heterocycles. The number of hydrogen-bond acceptors (Lipinski definition) is 3. The molecule has 0 N–H and O–H groups in total.